The van der Waals surface area contributed by atoms with E-state index >= 15 is 0 Å². The number of ether oxygens (including phenoxy) is 1. The second-order valence-electron chi connectivity index (χ2n) is 3.93. The maximum atomic E-state index is 5.69. The molecule has 0 heterocycles. The van der Waals surface area contributed by atoms with Crippen LogP contribution >= 0.6 is 0 Å². The topological polar surface area (TPSA) is 21.3 Å². The number of nitrogens with one attached hydrogen (secondary N) is 1. The molecule has 0 spiro atoms. The quantitative estimate of drug-likeness (QED) is 0.770. The molecule has 76 valence electrons. The van der Waals surface area contributed by atoms with Crippen molar-refractivity contribution in [1.82, 2.24) is 5.32 Å². The molecule has 0 aromatic heterocycles. The molecule has 1 aromatic carbocycles. The standard InChI is InChI=1S/C12H17NO/c1-13-8-11-3-2-4-12(7-11)14-9-10-5-6-10/h2-4,7,10,13H,5-6,8-9H2,1H3. The molecule has 1 fully saturated rings. The minimum absolute atomic E-state index is 0.822. The first-order valence-electron chi connectivity index (χ1n) is 5.25. The lowest BCUT2D eigenvalue weighted by molar-refractivity contribution is 0.299. The van der Waals surface area contributed by atoms with E-state index < -0.39 is 0 Å². The van der Waals surface area contributed by atoms with E-state index in [1.165, 1.54) is 18.4 Å². The van der Waals surface area contributed by atoms with Gasteiger partial charge in [-0.05, 0) is 43.5 Å². The van der Waals surface area contributed by atoms with Gasteiger partial charge in [-0.3, -0.25) is 0 Å². The van der Waals surface area contributed by atoms with Gasteiger partial charge in [-0.1, -0.05) is 12.1 Å². The fourth-order valence-corrected chi connectivity index (χ4v) is 1.45. The van der Waals surface area contributed by atoms with Crippen LogP contribution in [-0.2, 0) is 6.54 Å². The zero-order valence-corrected chi connectivity index (χ0v) is 8.62. The predicted octanol–water partition coefficient (Wildman–Crippen LogP) is 2.19. The Morgan fingerprint density at radius 3 is 3.00 bits per heavy atom. The molecule has 1 aliphatic carbocycles. The van der Waals surface area contributed by atoms with Crippen LogP contribution in [0, 0.1) is 5.92 Å². The van der Waals surface area contributed by atoms with Crippen LogP contribution < -0.4 is 10.1 Å². The van der Waals surface area contributed by atoms with Gasteiger partial charge in [-0.25, -0.2) is 0 Å². The predicted molar refractivity (Wildman–Crippen MR) is 57.4 cm³/mol. The van der Waals surface area contributed by atoms with Crippen molar-refractivity contribution in [3.8, 4) is 5.75 Å². The molecule has 1 aliphatic rings. The van der Waals surface area contributed by atoms with Crippen LogP contribution in [0.1, 0.15) is 18.4 Å². The first-order chi connectivity index (χ1) is 6.88. The molecule has 0 aliphatic heterocycles. The summed E-state index contributed by atoms with van der Waals surface area (Å²) in [6.07, 6.45) is 2.69. The molecule has 2 rings (SSSR count). The molecule has 0 atom stereocenters. The molecule has 1 aromatic rings. The highest BCUT2D eigenvalue weighted by Gasteiger charge is 2.21. The molecule has 1 saturated carbocycles. The monoisotopic (exact) mass is 191 g/mol. The highest BCUT2D eigenvalue weighted by atomic mass is 16.5. The summed E-state index contributed by atoms with van der Waals surface area (Å²) in [4.78, 5) is 0. The molecule has 0 radical (unpaired) electrons. The summed E-state index contributed by atoms with van der Waals surface area (Å²) < 4.78 is 5.69. The van der Waals surface area contributed by atoms with E-state index in [1.54, 1.807) is 0 Å². The molecule has 1 N–H and O–H groups in total. The molecule has 14 heavy (non-hydrogen) atoms. The van der Waals surface area contributed by atoms with Gasteiger partial charge in [0.1, 0.15) is 5.75 Å². The van der Waals surface area contributed by atoms with E-state index in [-0.39, 0.29) is 0 Å². The molecule has 2 heteroatoms. The van der Waals surface area contributed by atoms with E-state index in [0.29, 0.717) is 0 Å². The van der Waals surface area contributed by atoms with Crippen molar-refractivity contribution in [2.24, 2.45) is 5.92 Å². The Labute approximate surface area is 85.3 Å². The lowest BCUT2D eigenvalue weighted by Gasteiger charge is -2.06. The van der Waals surface area contributed by atoms with Gasteiger partial charge >= 0.3 is 0 Å². The second-order valence-corrected chi connectivity index (χ2v) is 3.93. The first kappa shape index (κ1) is 9.53. The number of rotatable bonds is 5. The first-order valence-corrected chi connectivity index (χ1v) is 5.25. The van der Waals surface area contributed by atoms with Crippen molar-refractivity contribution in [1.29, 1.82) is 0 Å². The smallest absolute Gasteiger partial charge is 0.119 e. The largest absolute Gasteiger partial charge is 0.493 e. The van der Waals surface area contributed by atoms with E-state index in [4.69, 9.17) is 4.74 Å². The normalized spacial score (nSPS) is 15.5. The van der Waals surface area contributed by atoms with Gasteiger partial charge in [-0.2, -0.15) is 0 Å². The zero-order chi connectivity index (χ0) is 9.80. The Morgan fingerprint density at radius 1 is 1.43 bits per heavy atom. The Kier molecular flexibility index (Phi) is 3.04. The lowest BCUT2D eigenvalue weighted by atomic mass is 10.2. The molecule has 0 unspecified atom stereocenters. The third-order valence-corrected chi connectivity index (χ3v) is 2.46. The van der Waals surface area contributed by atoms with Crippen molar-refractivity contribution in [3.05, 3.63) is 29.8 Å². The summed E-state index contributed by atoms with van der Waals surface area (Å²) >= 11 is 0. The number of hydrogen-bond donors (Lipinski definition) is 1. The highest BCUT2D eigenvalue weighted by Crippen LogP contribution is 2.29. The van der Waals surface area contributed by atoms with Gasteiger partial charge in [0.15, 0.2) is 0 Å². The zero-order valence-electron chi connectivity index (χ0n) is 8.62. The van der Waals surface area contributed by atoms with Gasteiger partial charge < -0.3 is 10.1 Å². The van der Waals surface area contributed by atoms with Gasteiger partial charge in [-0.15, -0.1) is 0 Å². The Balaban J connectivity index is 1.90. The summed E-state index contributed by atoms with van der Waals surface area (Å²) in [6.45, 7) is 1.80. The molecular weight excluding hydrogens is 174 g/mol. The van der Waals surface area contributed by atoms with Gasteiger partial charge in [0.25, 0.3) is 0 Å². The Morgan fingerprint density at radius 2 is 2.29 bits per heavy atom. The van der Waals surface area contributed by atoms with E-state index in [9.17, 15) is 0 Å². The number of hydrogen-bond acceptors (Lipinski definition) is 2. The van der Waals surface area contributed by atoms with Crippen LogP contribution in [0.25, 0.3) is 0 Å². The van der Waals surface area contributed by atoms with Crippen molar-refractivity contribution in [2.75, 3.05) is 13.7 Å². The van der Waals surface area contributed by atoms with Crippen LogP contribution in [0.5, 0.6) is 5.75 Å². The van der Waals surface area contributed by atoms with E-state index in [2.05, 4.69) is 23.5 Å². The lowest BCUT2D eigenvalue weighted by Crippen LogP contribution is -2.05. The van der Waals surface area contributed by atoms with E-state index in [0.717, 1.165) is 24.8 Å². The van der Waals surface area contributed by atoms with Crippen molar-refractivity contribution >= 4 is 0 Å². The molecular formula is C12H17NO. The molecule has 2 nitrogen and oxygen atoms in total. The Hall–Kier alpha value is -1.02. The average Bonchev–Trinajstić information content (AvgIpc) is 2.99. The fourth-order valence-electron chi connectivity index (χ4n) is 1.45. The third kappa shape index (κ3) is 2.74. The fraction of sp³-hybridized carbons (Fsp3) is 0.500. The van der Waals surface area contributed by atoms with Crippen LogP contribution in [0.2, 0.25) is 0 Å². The van der Waals surface area contributed by atoms with Gasteiger partial charge in [0.2, 0.25) is 0 Å². The van der Waals surface area contributed by atoms with Crippen molar-refractivity contribution in [3.63, 3.8) is 0 Å². The number of benzene rings is 1. The minimum Gasteiger partial charge on any atom is -0.493 e. The maximum absolute atomic E-state index is 5.69. The van der Waals surface area contributed by atoms with Gasteiger partial charge in [0, 0.05) is 6.54 Å². The van der Waals surface area contributed by atoms with Crippen LogP contribution in [0.15, 0.2) is 24.3 Å². The van der Waals surface area contributed by atoms with Gasteiger partial charge in [0.05, 0.1) is 6.61 Å². The Bertz CT molecular complexity index is 294. The summed E-state index contributed by atoms with van der Waals surface area (Å²) in [6, 6.07) is 8.30. The van der Waals surface area contributed by atoms with Crippen molar-refractivity contribution in [2.45, 2.75) is 19.4 Å². The van der Waals surface area contributed by atoms with E-state index in [1.807, 2.05) is 13.1 Å². The van der Waals surface area contributed by atoms with Crippen LogP contribution in [-0.4, -0.2) is 13.7 Å². The average molecular weight is 191 g/mol. The summed E-state index contributed by atoms with van der Waals surface area (Å²) in [5, 5.41) is 3.13. The summed E-state index contributed by atoms with van der Waals surface area (Å²) in [5.41, 5.74) is 1.28. The molecule has 0 bridgehead atoms. The minimum atomic E-state index is 0.822. The maximum Gasteiger partial charge on any atom is 0.119 e. The third-order valence-electron chi connectivity index (χ3n) is 2.46. The van der Waals surface area contributed by atoms with Crippen LogP contribution in [0.3, 0.4) is 0 Å². The van der Waals surface area contributed by atoms with Crippen molar-refractivity contribution < 1.29 is 4.74 Å². The summed E-state index contributed by atoms with van der Waals surface area (Å²) in [7, 11) is 1.96. The second kappa shape index (κ2) is 4.47. The molecule has 0 amide bonds. The van der Waals surface area contributed by atoms with Crippen LogP contribution in [0.4, 0.5) is 0 Å². The SMILES string of the molecule is CNCc1cccc(OCC2CC2)c1. The summed E-state index contributed by atoms with van der Waals surface area (Å²) in [5.74, 6) is 1.83. The molecule has 0 saturated heterocycles. The highest BCUT2D eigenvalue weighted by molar-refractivity contribution is 5.28.